The van der Waals surface area contributed by atoms with Gasteiger partial charge >= 0.3 is 0 Å². The standard InChI is InChI=1S/C28H33NO2/c1-30-27-14-8-9-23(21-27)15-18-29-19-16-24(17-20-29)22-31-28(25-10-4-2-5-11-25)26-12-6-3-7-13-26/h2-14,21,24,28H,15-20,22H2,1H3. The molecule has 0 amide bonds. The molecule has 0 spiro atoms. The molecule has 0 bridgehead atoms. The van der Waals surface area contributed by atoms with E-state index in [1.54, 1.807) is 7.11 Å². The van der Waals surface area contributed by atoms with Crippen molar-refractivity contribution in [2.24, 2.45) is 5.92 Å². The van der Waals surface area contributed by atoms with E-state index in [9.17, 15) is 0 Å². The number of hydrogen-bond acceptors (Lipinski definition) is 3. The number of benzene rings is 3. The third-order valence-electron chi connectivity index (χ3n) is 6.26. The fourth-order valence-electron chi connectivity index (χ4n) is 4.36. The van der Waals surface area contributed by atoms with Crippen molar-refractivity contribution in [3.05, 3.63) is 102 Å². The molecule has 0 radical (unpaired) electrons. The Bertz CT molecular complexity index is 865. The molecule has 0 aromatic heterocycles. The molecule has 4 rings (SSSR count). The minimum absolute atomic E-state index is 0.00786. The molecule has 3 aromatic rings. The van der Waals surface area contributed by atoms with Crippen molar-refractivity contribution in [2.75, 3.05) is 33.4 Å². The van der Waals surface area contributed by atoms with Crippen LogP contribution < -0.4 is 4.74 Å². The smallest absolute Gasteiger partial charge is 0.119 e. The summed E-state index contributed by atoms with van der Waals surface area (Å²) >= 11 is 0. The average molecular weight is 416 g/mol. The fraction of sp³-hybridized carbons (Fsp3) is 0.357. The number of hydrogen-bond donors (Lipinski definition) is 0. The molecule has 1 fully saturated rings. The quantitative estimate of drug-likeness (QED) is 0.444. The molecular formula is C28H33NO2. The number of piperidine rings is 1. The van der Waals surface area contributed by atoms with Gasteiger partial charge in [0.25, 0.3) is 0 Å². The van der Waals surface area contributed by atoms with Crippen LogP contribution in [0.2, 0.25) is 0 Å². The second-order valence-electron chi connectivity index (χ2n) is 8.42. The third-order valence-corrected chi connectivity index (χ3v) is 6.26. The molecule has 0 aliphatic carbocycles. The monoisotopic (exact) mass is 415 g/mol. The average Bonchev–Trinajstić information content (AvgIpc) is 2.85. The zero-order valence-electron chi connectivity index (χ0n) is 18.5. The normalized spacial score (nSPS) is 15.3. The lowest BCUT2D eigenvalue weighted by molar-refractivity contribution is 0.0311. The van der Waals surface area contributed by atoms with E-state index in [0.717, 1.165) is 38.4 Å². The Hall–Kier alpha value is -2.62. The van der Waals surface area contributed by atoms with Crippen molar-refractivity contribution in [1.82, 2.24) is 4.90 Å². The fourth-order valence-corrected chi connectivity index (χ4v) is 4.36. The van der Waals surface area contributed by atoms with Crippen LogP contribution in [0.1, 0.15) is 35.6 Å². The van der Waals surface area contributed by atoms with E-state index in [1.807, 2.05) is 6.07 Å². The van der Waals surface area contributed by atoms with Gasteiger partial charge < -0.3 is 14.4 Å². The molecule has 0 atom stereocenters. The largest absolute Gasteiger partial charge is 0.497 e. The maximum atomic E-state index is 6.51. The molecule has 0 N–H and O–H groups in total. The third kappa shape index (κ3) is 6.19. The summed E-state index contributed by atoms with van der Waals surface area (Å²) < 4.78 is 11.9. The highest BCUT2D eigenvalue weighted by molar-refractivity contribution is 5.30. The van der Waals surface area contributed by atoms with Crippen molar-refractivity contribution >= 4 is 0 Å². The van der Waals surface area contributed by atoms with Gasteiger partial charge in [-0.25, -0.2) is 0 Å². The Morgan fingerprint density at radius 1 is 0.839 bits per heavy atom. The Kier molecular flexibility index (Phi) is 7.76. The van der Waals surface area contributed by atoms with Crippen LogP contribution in [0, 0.1) is 5.92 Å². The molecule has 1 heterocycles. The molecule has 31 heavy (non-hydrogen) atoms. The highest BCUT2D eigenvalue weighted by Crippen LogP contribution is 2.28. The lowest BCUT2D eigenvalue weighted by Gasteiger charge is -2.32. The SMILES string of the molecule is COc1cccc(CCN2CCC(COC(c3ccccc3)c3ccccc3)CC2)c1. The summed E-state index contributed by atoms with van der Waals surface area (Å²) in [5, 5.41) is 0. The first-order valence-corrected chi connectivity index (χ1v) is 11.4. The van der Waals surface area contributed by atoms with E-state index < -0.39 is 0 Å². The molecule has 3 heteroatoms. The van der Waals surface area contributed by atoms with E-state index in [1.165, 1.54) is 29.5 Å². The van der Waals surface area contributed by atoms with Gasteiger partial charge in [-0.1, -0.05) is 72.8 Å². The highest BCUT2D eigenvalue weighted by Gasteiger charge is 2.22. The maximum Gasteiger partial charge on any atom is 0.119 e. The number of methoxy groups -OCH3 is 1. The van der Waals surface area contributed by atoms with Crippen LogP contribution >= 0.6 is 0 Å². The predicted molar refractivity (Wildman–Crippen MR) is 127 cm³/mol. The van der Waals surface area contributed by atoms with E-state index in [2.05, 4.69) is 83.8 Å². The zero-order chi connectivity index (χ0) is 21.3. The number of rotatable bonds is 9. The van der Waals surface area contributed by atoms with Gasteiger partial charge in [-0.3, -0.25) is 0 Å². The first-order valence-electron chi connectivity index (χ1n) is 11.4. The van der Waals surface area contributed by atoms with Gasteiger partial charge in [0.15, 0.2) is 0 Å². The first kappa shape index (κ1) is 21.6. The molecule has 3 aromatic carbocycles. The van der Waals surface area contributed by atoms with Crippen LogP contribution in [0.3, 0.4) is 0 Å². The van der Waals surface area contributed by atoms with Crippen molar-refractivity contribution < 1.29 is 9.47 Å². The lowest BCUT2D eigenvalue weighted by Crippen LogP contribution is -2.36. The van der Waals surface area contributed by atoms with E-state index in [0.29, 0.717) is 5.92 Å². The summed E-state index contributed by atoms with van der Waals surface area (Å²) in [7, 11) is 1.73. The predicted octanol–water partition coefficient (Wildman–Crippen LogP) is 5.76. The summed E-state index contributed by atoms with van der Waals surface area (Å²) in [6.07, 6.45) is 3.49. The molecule has 0 saturated carbocycles. The lowest BCUT2D eigenvalue weighted by atomic mass is 9.96. The van der Waals surface area contributed by atoms with Crippen LogP contribution in [-0.4, -0.2) is 38.3 Å². The Labute approximate surface area is 186 Å². The second kappa shape index (κ2) is 11.1. The Balaban J connectivity index is 1.27. The summed E-state index contributed by atoms with van der Waals surface area (Å²) in [5.41, 5.74) is 3.80. The van der Waals surface area contributed by atoms with Gasteiger partial charge in [0, 0.05) is 6.54 Å². The topological polar surface area (TPSA) is 21.7 Å². The summed E-state index contributed by atoms with van der Waals surface area (Å²) in [5.74, 6) is 1.57. The molecule has 1 aliphatic rings. The van der Waals surface area contributed by atoms with Crippen LogP contribution in [0.5, 0.6) is 5.75 Å². The second-order valence-corrected chi connectivity index (χ2v) is 8.42. The molecule has 1 saturated heterocycles. The Morgan fingerprint density at radius 3 is 2.10 bits per heavy atom. The van der Waals surface area contributed by atoms with Gasteiger partial charge in [0.1, 0.15) is 11.9 Å². The van der Waals surface area contributed by atoms with Crippen LogP contribution in [0.25, 0.3) is 0 Å². The molecular weight excluding hydrogens is 382 g/mol. The molecule has 0 unspecified atom stereocenters. The van der Waals surface area contributed by atoms with Crippen LogP contribution in [0.4, 0.5) is 0 Å². The van der Waals surface area contributed by atoms with Gasteiger partial charge in [-0.2, -0.15) is 0 Å². The Morgan fingerprint density at radius 2 is 1.48 bits per heavy atom. The molecule has 162 valence electrons. The van der Waals surface area contributed by atoms with Gasteiger partial charge in [-0.15, -0.1) is 0 Å². The minimum atomic E-state index is 0.00786. The number of likely N-dealkylation sites (tertiary alicyclic amines) is 1. The van der Waals surface area contributed by atoms with E-state index in [-0.39, 0.29) is 6.10 Å². The number of nitrogens with zero attached hydrogens (tertiary/aromatic N) is 1. The minimum Gasteiger partial charge on any atom is -0.497 e. The van der Waals surface area contributed by atoms with Crippen molar-refractivity contribution in [2.45, 2.75) is 25.4 Å². The van der Waals surface area contributed by atoms with Crippen molar-refractivity contribution in [3.63, 3.8) is 0 Å². The molecule has 1 aliphatic heterocycles. The zero-order valence-corrected chi connectivity index (χ0v) is 18.5. The van der Waals surface area contributed by atoms with E-state index in [4.69, 9.17) is 9.47 Å². The van der Waals surface area contributed by atoms with Crippen LogP contribution in [-0.2, 0) is 11.2 Å². The summed E-state index contributed by atoms with van der Waals surface area (Å²) in [6, 6.07) is 29.6. The summed E-state index contributed by atoms with van der Waals surface area (Å²) in [4.78, 5) is 2.59. The van der Waals surface area contributed by atoms with Crippen molar-refractivity contribution in [1.29, 1.82) is 0 Å². The van der Waals surface area contributed by atoms with E-state index >= 15 is 0 Å². The first-order chi connectivity index (χ1) is 15.3. The maximum absolute atomic E-state index is 6.51. The highest BCUT2D eigenvalue weighted by atomic mass is 16.5. The van der Waals surface area contributed by atoms with Crippen LogP contribution in [0.15, 0.2) is 84.9 Å². The molecule has 3 nitrogen and oxygen atoms in total. The number of ether oxygens (including phenoxy) is 2. The van der Waals surface area contributed by atoms with Gasteiger partial charge in [0.2, 0.25) is 0 Å². The van der Waals surface area contributed by atoms with Crippen molar-refractivity contribution in [3.8, 4) is 5.75 Å². The van der Waals surface area contributed by atoms with Gasteiger partial charge in [-0.05, 0) is 67.1 Å². The van der Waals surface area contributed by atoms with Gasteiger partial charge in [0.05, 0.1) is 13.7 Å². The summed E-state index contributed by atoms with van der Waals surface area (Å²) in [6.45, 7) is 4.23.